The molecule has 0 saturated heterocycles. The van der Waals surface area contributed by atoms with Crippen LogP contribution in [0.5, 0.6) is 0 Å². The van der Waals surface area contributed by atoms with Gasteiger partial charge in [-0.2, -0.15) is 0 Å². The van der Waals surface area contributed by atoms with E-state index in [2.05, 4.69) is 26.1 Å². The van der Waals surface area contributed by atoms with Gasteiger partial charge in [0.1, 0.15) is 0 Å². The molecule has 0 heterocycles. The van der Waals surface area contributed by atoms with E-state index < -0.39 is 0 Å². The highest BCUT2D eigenvalue weighted by atomic mass is 16.5. The summed E-state index contributed by atoms with van der Waals surface area (Å²) < 4.78 is 5.34. The minimum atomic E-state index is 0.302. The van der Waals surface area contributed by atoms with Crippen molar-refractivity contribution in [3.05, 3.63) is 0 Å². The monoisotopic (exact) mass is 213 g/mol. The van der Waals surface area contributed by atoms with Crippen molar-refractivity contribution in [3.63, 3.8) is 0 Å². The number of ether oxygens (including phenoxy) is 1. The molecule has 15 heavy (non-hydrogen) atoms. The van der Waals surface area contributed by atoms with Crippen LogP contribution in [-0.2, 0) is 4.74 Å². The molecule has 90 valence electrons. The van der Waals surface area contributed by atoms with Crippen LogP contribution in [0.2, 0.25) is 0 Å². The Labute approximate surface area is 94.8 Å². The molecule has 3 unspecified atom stereocenters. The lowest BCUT2D eigenvalue weighted by molar-refractivity contribution is 0.0800. The normalized spacial score (nSPS) is 24.8. The van der Waals surface area contributed by atoms with Crippen molar-refractivity contribution in [1.29, 1.82) is 0 Å². The van der Waals surface area contributed by atoms with E-state index in [4.69, 9.17) is 4.74 Å². The zero-order valence-corrected chi connectivity index (χ0v) is 10.8. The summed E-state index contributed by atoms with van der Waals surface area (Å²) in [5.74, 6) is 0.880. The number of hydrogen-bond donors (Lipinski definition) is 1. The van der Waals surface area contributed by atoms with Crippen molar-refractivity contribution in [2.75, 3.05) is 7.11 Å². The maximum atomic E-state index is 5.34. The van der Waals surface area contributed by atoms with E-state index in [1.807, 2.05) is 0 Å². The molecule has 0 aliphatic heterocycles. The molecule has 1 fully saturated rings. The summed E-state index contributed by atoms with van der Waals surface area (Å²) >= 11 is 0. The average Bonchev–Trinajstić information content (AvgIpc) is 2.29. The van der Waals surface area contributed by atoms with Crippen molar-refractivity contribution in [2.24, 2.45) is 5.92 Å². The Hall–Kier alpha value is -0.0800. The summed E-state index contributed by atoms with van der Waals surface area (Å²) in [6.45, 7) is 6.67. The lowest BCUT2D eigenvalue weighted by Gasteiger charge is -2.32. The molecule has 1 saturated carbocycles. The fourth-order valence-electron chi connectivity index (χ4n) is 2.52. The van der Waals surface area contributed by atoms with Crippen molar-refractivity contribution < 1.29 is 4.74 Å². The van der Waals surface area contributed by atoms with Crippen LogP contribution in [0.4, 0.5) is 0 Å². The highest BCUT2D eigenvalue weighted by Gasteiger charge is 2.22. The lowest BCUT2D eigenvalue weighted by Crippen LogP contribution is -2.45. The quantitative estimate of drug-likeness (QED) is 0.758. The first-order valence-corrected chi connectivity index (χ1v) is 6.44. The third-order valence-electron chi connectivity index (χ3n) is 3.96. The number of hydrogen-bond acceptors (Lipinski definition) is 2. The number of methoxy groups -OCH3 is 1. The molecular weight excluding hydrogens is 186 g/mol. The largest absolute Gasteiger partial charge is 0.380 e. The molecule has 1 aliphatic rings. The zero-order valence-electron chi connectivity index (χ0n) is 10.8. The lowest BCUT2D eigenvalue weighted by atomic mass is 9.84. The third-order valence-corrected chi connectivity index (χ3v) is 3.96. The summed E-state index contributed by atoms with van der Waals surface area (Å²) in [6.07, 6.45) is 7.39. The van der Waals surface area contributed by atoms with Gasteiger partial charge in [0.25, 0.3) is 0 Å². The molecule has 0 aromatic rings. The van der Waals surface area contributed by atoms with Crippen molar-refractivity contribution in [2.45, 2.75) is 71.1 Å². The van der Waals surface area contributed by atoms with E-state index in [1.54, 1.807) is 7.11 Å². The van der Waals surface area contributed by atoms with Crippen LogP contribution in [0, 0.1) is 5.92 Å². The molecule has 1 rings (SSSR count). The van der Waals surface area contributed by atoms with Gasteiger partial charge < -0.3 is 10.1 Å². The molecule has 0 spiro atoms. The third kappa shape index (κ3) is 4.12. The molecule has 0 radical (unpaired) electrons. The Balaban J connectivity index is 2.29. The van der Waals surface area contributed by atoms with E-state index in [9.17, 15) is 0 Å². The van der Waals surface area contributed by atoms with Crippen LogP contribution < -0.4 is 5.32 Å². The molecule has 1 aliphatic carbocycles. The Kier molecular flexibility index (Phi) is 5.62. The minimum absolute atomic E-state index is 0.302. The van der Waals surface area contributed by atoms with Gasteiger partial charge in [0, 0.05) is 19.2 Å². The Bertz CT molecular complexity index is 166. The Morgan fingerprint density at radius 3 is 2.20 bits per heavy atom. The molecular formula is C13H27NO. The van der Waals surface area contributed by atoms with Gasteiger partial charge in [0.2, 0.25) is 0 Å². The van der Waals surface area contributed by atoms with E-state index in [1.165, 1.54) is 32.1 Å². The van der Waals surface area contributed by atoms with Crippen LogP contribution in [0.1, 0.15) is 52.9 Å². The van der Waals surface area contributed by atoms with Crippen molar-refractivity contribution >= 4 is 0 Å². The van der Waals surface area contributed by atoms with Crippen LogP contribution in [-0.4, -0.2) is 25.3 Å². The maximum Gasteiger partial charge on any atom is 0.0693 e. The second-order valence-electron chi connectivity index (χ2n) is 5.08. The first-order valence-electron chi connectivity index (χ1n) is 6.44. The topological polar surface area (TPSA) is 21.3 Å². The summed E-state index contributed by atoms with van der Waals surface area (Å²) in [7, 11) is 1.79. The smallest absolute Gasteiger partial charge is 0.0693 e. The van der Waals surface area contributed by atoms with Crippen LogP contribution in [0.3, 0.4) is 0 Å². The summed E-state index contributed by atoms with van der Waals surface area (Å²) in [6, 6.07) is 1.09. The molecule has 0 aromatic heterocycles. The van der Waals surface area contributed by atoms with E-state index in [-0.39, 0.29) is 0 Å². The van der Waals surface area contributed by atoms with Crippen LogP contribution in [0.25, 0.3) is 0 Å². The molecule has 2 heteroatoms. The Morgan fingerprint density at radius 1 is 1.07 bits per heavy atom. The van der Waals surface area contributed by atoms with Crippen molar-refractivity contribution in [3.8, 4) is 0 Å². The summed E-state index contributed by atoms with van der Waals surface area (Å²) in [4.78, 5) is 0. The molecule has 2 nitrogen and oxygen atoms in total. The predicted molar refractivity (Wildman–Crippen MR) is 65.1 cm³/mol. The Morgan fingerprint density at radius 2 is 1.67 bits per heavy atom. The molecule has 1 N–H and O–H groups in total. The highest BCUT2D eigenvalue weighted by Crippen LogP contribution is 2.26. The standard InChI is InChI=1S/C13H27NO/c1-10(12(3)15-4)14-11(2)13-8-6-5-7-9-13/h10-14H,5-9H2,1-4H3. The number of nitrogens with one attached hydrogen (secondary N) is 1. The average molecular weight is 213 g/mol. The van der Waals surface area contributed by atoms with Gasteiger partial charge >= 0.3 is 0 Å². The van der Waals surface area contributed by atoms with Gasteiger partial charge in [-0.15, -0.1) is 0 Å². The van der Waals surface area contributed by atoms with Crippen LogP contribution >= 0.6 is 0 Å². The zero-order chi connectivity index (χ0) is 11.3. The van der Waals surface area contributed by atoms with Crippen molar-refractivity contribution in [1.82, 2.24) is 5.32 Å². The first kappa shape index (κ1) is 13.0. The predicted octanol–water partition coefficient (Wildman–Crippen LogP) is 2.97. The van der Waals surface area contributed by atoms with Gasteiger partial charge in [-0.25, -0.2) is 0 Å². The van der Waals surface area contributed by atoms with Gasteiger partial charge in [-0.3, -0.25) is 0 Å². The first-order chi connectivity index (χ1) is 7.15. The molecule has 0 amide bonds. The van der Waals surface area contributed by atoms with Gasteiger partial charge in [0.15, 0.2) is 0 Å². The second kappa shape index (κ2) is 6.49. The van der Waals surface area contributed by atoms with E-state index >= 15 is 0 Å². The fourth-order valence-corrected chi connectivity index (χ4v) is 2.52. The molecule has 0 bridgehead atoms. The highest BCUT2D eigenvalue weighted by molar-refractivity contribution is 4.80. The fraction of sp³-hybridized carbons (Fsp3) is 1.00. The minimum Gasteiger partial charge on any atom is -0.380 e. The number of rotatable bonds is 5. The van der Waals surface area contributed by atoms with Gasteiger partial charge in [-0.05, 0) is 39.5 Å². The van der Waals surface area contributed by atoms with Gasteiger partial charge in [-0.1, -0.05) is 19.3 Å². The molecule has 3 atom stereocenters. The van der Waals surface area contributed by atoms with E-state index in [0.717, 1.165) is 5.92 Å². The second-order valence-corrected chi connectivity index (χ2v) is 5.08. The van der Waals surface area contributed by atoms with E-state index in [0.29, 0.717) is 18.2 Å². The van der Waals surface area contributed by atoms with Gasteiger partial charge in [0.05, 0.1) is 6.10 Å². The molecule has 0 aromatic carbocycles. The maximum absolute atomic E-state index is 5.34. The SMILES string of the molecule is COC(C)C(C)NC(C)C1CCCCC1. The summed E-state index contributed by atoms with van der Waals surface area (Å²) in [5, 5.41) is 3.68. The van der Waals surface area contributed by atoms with Crippen LogP contribution in [0.15, 0.2) is 0 Å². The summed E-state index contributed by atoms with van der Waals surface area (Å²) in [5.41, 5.74) is 0.